The second-order valence-electron chi connectivity index (χ2n) is 26.4. The van der Waals surface area contributed by atoms with E-state index in [0.717, 1.165) is 167 Å². The number of ether oxygens (including phenoxy) is 3. The van der Waals surface area contributed by atoms with Crippen molar-refractivity contribution in [2.24, 2.45) is 0 Å². The third kappa shape index (κ3) is 82.7. The first-order chi connectivity index (χ1) is 53.2. The summed E-state index contributed by atoms with van der Waals surface area (Å²) in [5, 5.41) is 20.7. The van der Waals surface area contributed by atoms with E-state index in [9.17, 15) is 43.5 Å². The first-order valence-corrected chi connectivity index (χ1v) is 44.0. The Bertz CT molecular complexity index is 2860. The fourth-order valence-electron chi connectivity index (χ4n) is 10.1. The third-order valence-electron chi connectivity index (χ3n) is 16.2. The van der Waals surface area contributed by atoms with E-state index in [0.29, 0.717) is 25.7 Å². The molecule has 0 fully saturated rings. The van der Waals surface area contributed by atoms with Gasteiger partial charge in [0.15, 0.2) is 6.10 Å². The van der Waals surface area contributed by atoms with Crippen LogP contribution in [0, 0.1) is 0 Å². The van der Waals surface area contributed by atoms with Gasteiger partial charge < -0.3 is 34.2 Å². The number of hydrogen-bond acceptors (Lipinski definition) is 14. The quantitative estimate of drug-likeness (QED) is 0.0146. The minimum absolute atomic E-state index is 0.0360. The van der Waals surface area contributed by atoms with Gasteiger partial charge in [0.25, 0.3) is 0 Å². The monoisotopic (exact) mass is 1550 g/mol. The van der Waals surface area contributed by atoms with Crippen molar-refractivity contribution in [1.82, 2.24) is 0 Å². The molecular weight excluding hydrogens is 1410 g/mol. The molecule has 0 saturated heterocycles. The van der Waals surface area contributed by atoms with Crippen LogP contribution in [0.2, 0.25) is 0 Å². The van der Waals surface area contributed by atoms with Gasteiger partial charge in [-0.15, -0.1) is 0 Å². The van der Waals surface area contributed by atoms with Gasteiger partial charge in [-0.1, -0.05) is 317 Å². The fourth-order valence-corrected chi connectivity index (χ4v) is 11.7. The summed E-state index contributed by atoms with van der Waals surface area (Å²) in [4.78, 5) is 58.7. The van der Waals surface area contributed by atoms with Crippen LogP contribution < -0.4 is 0 Å². The van der Waals surface area contributed by atoms with Gasteiger partial charge in [-0.3, -0.25) is 32.5 Å². The van der Waals surface area contributed by atoms with Crippen molar-refractivity contribution in [1.29, 1.82) is 0 Å². The molecule has 16 nitrogen and oxygen atoms in total. The molecule has 614 valence electrons. The van der Waals surface area contributed by atoms with Crippen molar-refractivity contribution in [3.05, 3.63) is 219 Å². The first kappa shape index (κ1) is 103. The average molecular weight is 1560 g/mol. The molecule has 0 radical (unpaired) electrons. The standard InChI is InChI=1S/C91H144O16P2/c1-4-7-10-13-16-19-22-25-28-31-34-36-38-39-40-41-42-43-44-45-47-49-51-53-56-59-62-65-68-71-74-77-89(94)101-80-86(92)81-103-108(97,98)104-82-87(93)83-105-109(99,100)106-85-88(107-91(96)79-76-73-70-67-64-61-58-55-50-33-30-27-24-21-18-15-12-9-6-3)84-102-90(95)78-75-72-69-66-63-60-57-54-52-48-46-37-35-32-29-26-23-20-17-14-11-8-5-2/h7-12,16-21,25-30,34-37,39-40,42-43,48,50,52,55,57,60-61,64,70,73,86-88,92-93H,4-6,13-15,22-24,31-33,38,41,44-47,49,51,53-54,56,58-59,62-63,65-69,71-72,74-85H2,1-3H3,(H,97,98)(H,99,100)/b10-7-,11-8-,12-9-,19-16-,20-17-,21-18-,28-25-,29-26-,30-27-,36-34-,37-35-,40-39-,43-42-,52-48-,55-50-,60-57-,64-61-,73-70-. The highest BCUT2D eigenvalue weighted by molar-refractivity contribution is 7.47. The molecule has 0 rings (SSSR count). The molecule has 0 aromatic carbocycles. The number of allylic oxidation sites excluding steroid dienone is 36. The van der Waals surface area contributed by atoms with Gasteiger partial charge in [-0.05, 0) is 161 Å². The van der Waals surface area contributed by atoms with Crippen LogP contribution in [0.15, 0.2) is 219 Å². The highest BCUT2D eigenvalue weighted by Crippen LogP contribution is 2.45. The number of rotatable bonds is 75. The SMILES string of the molecule is CC/C=C\C/C=C\C/C=C\C/C=C\C/C=C\C/C=C\CCCCCCCCCCCCCCC(=O)OCC(O)COP(=O)(O)OCC(O)COP(=O)(O)OCC(COC(=O)CCCCCC/C=C\C/C=C\C/C=C\C/C=C\C/C=C\C/C=C\CC)OC(=O)CC/C=C\C/C=C\C/C=C\C/C=C\C/C=C\C/C=C\CC. The number of unbranched alkanes of at least 4 members (excludes halogenated alkanes) is 16. The predicted octanol–water partition coefficient (Wildman–Crippen LogP) is 24.6. The van der Waals surface area contributed by atoms with E-state index in [1.54, 1.807) is 0 Å². The molecule has 0 heterocycles. The molecule has 0 aliphatic carbocycles. The highest BCUT2D eigenvalue weighted by atomic mass is 31.2. The lowest BCUT2D eigenvalue weighted by molar-refractivity contribution is -0.161. The maximum atomic E-state index is 13.0. The van der Waals surface area contributed by atoms with E-state index < -0.39 is 91.5 Å². The van der Waals surface area contributed by atoms with Crippen molar-refractivity contribution < 1.29 is 75.8 Å². The van der Waals surface area contributed by atoms with Crippen LogP contribution in [0.5, 0.6) is 0 Å². The Morgan fingerprint density at radius 2 is 0.477 bits per heavy atom. The van der Waals surface area contributed by atoms with Crippen LogP contribution in [-0.4, -0.2) is 95.9 Å². The molecule has 5 unspecified atom stereocenters. The Balaban J connectivity index is 4.68. The molecule has 0 saturated carbocycles. The number of aliphatic hydroxyl groups is 2. The summed E-state index contributed by atoms with van der Waals surface area (Å²) < 4.78 is 61.1. The maximum Gasteiger partial charge on any atom is 0.472 e. The predicted molar refractivity (Wildman–Crippen MR) is 453 cm³/mol. The molecule has 0 aromatic rings. The van der Waals surface area contributed by atoms with Crippen molar-refractivity contribution in [3.63, 3.8) is 0 Å². The third-order valence-corrected chi connectivity index (χ3v) is 18.1. The number of aliphatic hydroxyl groups excluding tert-OH is 2. The van der Waals surface area contributed by atoms with E-state index >= 15 is 0 Å². The van der Waals surface area contributed by atoms with Crippen molar-refractivity contribution >= 4 is 33.6 Å². The number of carbonyl (C=O) groups excluding carboxylic acids is 3. The molecule has 5 atom stereocenters. The van der Waals surface area contributed by atoms with Gasteiger partial charge in [-0.2, -0.15) is 0 Å². The summed E-state index contributed by atoms with van der Waals surface area (Å²) in [6, 6.07) is 0. The molecule has 0 aromatic heterocycles. The number of esters is 3. The van der Waals surface area contributed by atoms with E-state index in [2.05, 4.69) is 221 Å². The Labute approximate surface area is 660 Å². The van der Waals surface area contributed by atoms with Crippen molar-refractivity contribution in [3.8, 4) is 0 Å². The Kier molecular flexibility index (Phi) is 76.8. The summed E-state index contributed by atoms with van der Waals surface area (Å²) in [6.45, 7) is 2.19. The zero-order valence-corrected chi connectivity index (χ0v) is 68.9. The molecule has 18 heteroatoms. The van der Waals surface area contributed by atoms with Crippen LogP contribution in [0.4, 0.5) is 0 Å². The topological polar surface area (TPSA) is 231 Å². The number of phosphoric acid groups is 2. The summed E-state index contributed by atoms with van der Waals surface area (Å²) in [7, 11) is -9.85. The second-order valence-corrected chi connectivity index (χ2v) is 29.3. The van der Waals surface area contributed by atoms with Crippen LogP contribution >= 0.6 is 15.6 Å². The lowest BCUT2D eigenvalue weighted by atomic mass is 10.0. The summed E-state index contributed by atoms with van der Waals surface area (Å²) in [5.74, 6) is -1.72. The second kappa shape index (κ2) is 81.4. The zero-order valence-electron chi connectivity index (χ0n) is 67.1. The summed E-state index contributed by atoms with van der Waals surface area (Å²) in [6.07, 6.45) is 110. The number of hydrogen-bond donors (Lipinski definition) is 4. The molecule has 109 heavy (non-hydrogen) atoms. The maximum absolute atomic E-state index is 13.0. The van der Waals surface area contributed by atoms with Crippen molar-refractivity contribution in [2.75, 3.05) is 39.6 Å². The van der Waals surface area contributed by atoms with E-state index in [1.165, 1.54) is 44.9 Å². The lowest BCUT2D eigenvalue weighted by Crippen LogP contribution is -2.29. The molecular formula is C91H144O16P2. The van der Waals surface area contributed by atoms with Crippen LogP contribution in [0.25, 0.3) is 0 Å². The first-order valence-electron chi connectivity index (χ1n) is 41.0. The van der Waals surface area contributed by atoms with Gasteiger partial charge in [0.05, 0.1) is 26.4 Å². The fraction of sp³-hybridized carbons (Fsp3) is 0.571. The molecule has 0 amide bonds. The van der Waals surface area contributed by atoms with Gasteiger partial charge in [0.2, 0.25) is 0 Å². The Hall–Kier alpha value is -6.13. The largest absolute Gasteiger partial charge is 0.472 e. The summed E-state index contributed by atoms with van der Waals surface area (Å²) >= 11 is 0. The molecule has 0 spiro atoms. The van der Waals surface area contributed by atoms with E-state index in [4.69, 9.17) is 32.3 Å². The normalized spacial score (nSPS) is 15.0. The van der Waals surface area contributed by atoms with Gasteiger partial charge in [0.1, 0.15) is 25.4 Å². The van der Waals surface area contributed by atoms with E-state index in [-0.39, 0.29) is 19.3 Å². The van der Waals surface area contributed by atoms with Gasteiger partial charge in [0, 0.05) is 19.3 Å². The smallest absolute Gasteiger partial charge is 0.463 e. The van der Waals surface area contributed by atoms with Gasteiger partial charge >= 0.3 is 33.6 Å². The minimum atomic E-state index is -4.97. The Morgan fingerprint density at radius 1 is 0.257 bits per heavy atom. The van der Waals surface area contributed by atoms with Crippen LogP contribution in [-0.2, 0) is 55.8 Å². The molecule has 4 N–H and O–H groups in total. The highest BCUT2D eigenvalue weighted by Gasteiger charge is 2.29. The number of phosphoric ester groups is 2. The molecule has 0 aliphatic rings. The Morgan fingerprint density at radius 3 is 0.761 bits per heavy atom. The summed E-state index contributed by atoms with van der Waals surface area (Å²) in [5.41, 5.74) is 0. The number of carbonyl (C=O) groups is 3. The minimum Gasteiger partial charge on any atom is -0.463 e. The van der Waals surface area contributed by atoms with Crippen molar-refractivity contribution in [2.45, 2.75) is 296 Å². The zero-order chi connectivity index (χ0) is 79.4. The van der Waals surface area contributed by atoms with Crippen LogP contribution in [0.3, 0.4) is 0 Å². The average Bonchev–Trinajstić information content (AvgIpc) is 0.902. The van der Waals surface area contributed by atoms with E-state index in [1.807, 2.05) is 18.2 Å². The lowest BCUT2D eigenvalue weighted by Gasteiger charge is -2.21. The molecule has 0 aliphatic heterocycles. The van der Waals surface area contributed by atoms with Crippen LogP contribution in [0.1, 0.15) is 278 Å². The molecule has 0 bridgehead atoms. The van der Waals surface area contributed by atoms with Gasteiger partial charge in [-0.25, -0.2) is 9.13 Å².